The summed E-state index contributed by atoms with van der Waals surface area (Å²) < 4.78 is 0. The zero-order chi connectivity index (χ0) is 19.5. The van der Waals surface area contributed by atoms with E-state index >= 15 is 0 Å². The summed E-state index contributed by atoms with van der Waals surface area (Å²) in [6, 6.07) is 8.15. The molecule has 0 unspecified atom stereocenters. The first-order valence-electron chi connectivity index (χ1n) is 10.5. The van der Waals surface area contributed by atoms with Crippen molar-refractivity contribution in [2.45, 2.75) is 59.2 Å². The van der Waals surface area contributed by atoms with E-state index in [0.717, 1.165) is 35.6 Å². The van der Waals surface area contributed by atoms with Crippen LogP contribution in [0, 0.1) is 5.92 Å². The first-order valence-corrected chi connectivity index (χ1v) is 10.5. The van der Waals surface area contributed by atoms with Crippen LogP contribution in [0.5, 0.6) is 0 Å². The van der Waals surface area contributed by atoms with Crippen molar-refractivity contribution in [3.63, 3.8) is 0 Å². The molecule has 28 heavy (non-hydrogen) atoms. The van der Waals surface area contributed by atoms with Gasteiger partial charge in [0.2, 0.25) is 0 Å². The average molecular weight is 379 g/mol. The average Bonchev–Trinajstić information content (AvgIpc) is 3.12. The smallest absolute Gasteiger partial charge is 0.254 e. The summed E-state index contributed by atoms with van der Waals surface area (Å²) in [5, 5.41) is 0. The summed E-state index contributed by atoms with van der Waals surface area (Å²) in [5.74, 6) is 1.48. The van der Waals surface area contributed by atoms with Crippen molar-refractivity contribution >= 4 is 5.91 Å². The van der Waals surface area contributed by atoms with E-state index in [0.29, 0.717) is 19.0 Å². The lowest BCUT2D eigenvalue weighted by Crippen LogP contribution is -2.29. The standard InChI is InChI=1S/C23H30N4O/c1-17(2)12-22-24-13-20-15-27(16-21(20)25-22)23(28)19-8-6-18(7-9-19)14-26-10-4-3-5-11-26/h6-9,13,17H,3-5,10-12,14-16H2,1-2H3. The van der Waals surface area contributed by atoms with Gasteiger partial charge in [-0.1, -0.05) is 32.4 Å². The third-order valence-electron chi connectivity index (χ3n) is 5.64. The van der Waals surface area contributed by atoms with Gasteiger partial charge in [-0.15, -0.1) is 0 Å². The van der Waals surface area contributed by atoms with Crippen molar-refractivity contribution in [1.82, 2.24) is 19.8 Å². The topological polar surface area (TPSA) is 49.3 Å². The number of aromatic nitrogens is 2. The maximum atomic E-state index is 12.9. The molecule has 2 aliphatic heterocycles. The van der Waals surface area contributed by atoms with Gasteiger partial charge in [0, 0.05) is 36.8 Å². The summed E-state index contributed by atoms with van der Waals surface area (Å²) >= 11 is 0. The summed E-state index contributed by atoms with van der Waals surface area (Å²) in [6.45, 7) is 8.88. The molecule has 148 valence electrons. The lowest BCUT2D eigenvalue weighted by atomic mass is 10.1. The number of piperidine rings is 1. The van der Waals surface area contributed by atoms with Gasteiger partial charge in [-0.3, -0.25) is 9.69 Å². The molecule has 1 amide bonds. The number of carbonyl (C=O) groups excluding carboxylic acids is 1. The Kier molecular flexibility index (Phi) is 5.72. The van der Waals surface area contributed by atoms with Crippen LogP contribution in [-0.2, 0) is 26.1 Å². The van der Waals surface area contributed by atoms with Crippen LogP contribution in [0.2, 0.25) is 0 Å². The number of nitrogens with zero attached hydrogens (tertiary/aromatic N) is 4. The van der Waals surface area contributed by atoms with Gasteiger partial charge >= 0.3 is 0 Å². The number of fused-ring (bicyclic) bond motifs is 1. The molecule has 4 rings (SSSR count). The number of amides is 1. The van der Waals surface area contributed by atoms with Crippen LogP contribution in [0.3, 0.4) is 0 Å². The van der Waals surface area contributed by atoms with Crippen LogP contribution >= 0.6 is 0 Å². The van der Waals surface area contributed by atoms with E-state index in [1.807, 2.05) is 23.2 Å². The first-order chi connectivity index (χ1) is 13.6. The zero-order valence-corrected chi connectivity index (χ0v) is 17.0. The third-order valence-corrected chi connectivity index (χ3v) is 5.64. The van der Waals surface area contributed by atoms with Crippen molar-refractivity contribution in [2.75, 3.05) is 13.1 Å². The number of likely N-dealkylation sites (tertiary alicyclic amines) is 1. The highest BCUT2D eigenvalue weighted by molar-refractivity contribution is 5.94. The highest BCUT2D eigenvalue weighted by atomic mass is 16.2. The van der Waals surface area contributed by atoms with Crippen LogP contribution in [0.15, 0.2) is 30.5 Å². The van der Waals surface area contributed by atoms with Crippen molar-refractivity contribution in [1.29, 1.82) is 0 Å². The minimum Gasteiger partial charge on any atom is -0.328 e. The Balaban J connectivity index is 1.39. The molecule has 0 radical (unpaired) electrons. The lowest BCUT2D eigenvalue weighted by Gasteiger charge is -2.26. The normalized spacial score (nSPS) is 17.2. The molecule has 0 atom stereocenters. The van der Waals surface area contributed by atoms with Crippen molar-refractivity contribution in [2.24, 2.45) is 5.92 Å². The Bertz CT molecular complexity index is 825. The molecular weight excluding hydrogens is 348 g/mol. The van der Waals surface area contributed by atoms with Gasteiger partial charge in [0.25, 0.3) is 5.91 Å². The Morgan fingerprint density at radius 3 is 2.54 bits per heavy atom. The molecule has 5 nitrogen and oxygen atoms in total. The Morgan fingerprint density at radius 2 is 1.82 bits per heavy atom. The molecule has 1 saturated heterocycles. The molecular formula is C23H30N4O. The maximum absolute atomic E-state index is 12.9. The maximum Gasteiger partial charge on any atom is 0.254 e. The van der Waals surface area contributed by atoms with E-state index in [1.165, 1.54) is 37.9 Å². The summed E-state index contributed by atoms with van der Waals surface area (Å²) in [7, 11) is 0. The fraction of sp³-hybridized carbons (Fsp3) is 0.522. The Morgan fingerprint density at radius 1 is 1.07 bits per heavy atom. The second-order valence-electron chi connectivity index (χ2n) is 8.55. The fourth-order valence-electron chi connectivity index (χ4n) is 4.11. The van der Waals surface area contributed by atoms with Gasteiger partial charge < -0.3 is 4.90 Å². The van der Waals surface area contributed by atoms with Crippen molar-refractivity contribution < 1.29 is 4.79 Å². The largest absolute Gasteiger partial charge is 0.328 e. The summed E-state index contributed by atoms with van der Waals surface area (Å²) in [4.78, 5) is 26.5. The van der Waals surface area contributed by atoms with E-state index in [-0.39, 0.29) is 5.91 Å². The first kappa shape index (κ1) is 19.1. The molecule has 1 aromatic heterocycles. The third kappa shape index (κ3) is 4.41. The molecule has 0 N–H and O–H groups in total. The van der Waals surface area contributed by atoms with Gasteiger partial charge in [0.05, 0.1) is 12.2 Å². The van der Waals surface area contributed by atoms with Gasteiger partial charge in [0.15, 0.2) is 0 Å². The zero-order valence-electron chi connectivity index (χ0n) is 17.0. The van der Waals surface area contributed by atoms with Crippen LogP contribution in [0.1, 0.15) is 66.1 Å². The van der Waals surface area contributed by atoms with Gasteiger partial charge in [0.1, 0.15) is 5.82 Å². The van der Waals surface area contributed by atoms with E-state index in [1.54, 1.807) is 0 Å². The summed E-state index contributed by atoms with van der Waals surface area (Å²) in [5.41, 5.74) is 4.11. The van der Waals surface area contributed by atoms with Crippen LogP contribution in [0.25, 0.3) is 0 Å². The monoisotopic (exact) mass is 378 g/mol. The molecule has 0 aliphatic carbocycles. The van der Waals surface area contributed by atoms with Crippen LogP contribution in [0.4, 0.5) is 0 Å². The van der Waals surface area contributed by atoms with Crippen LogP contribution < -0.4 is 0 Å². The SMILES string of the molecule is CC(C)Cc1ncc2c(n1)CN(C(=O)c1ccc(CN3CCCCC3)cc1)C2. The highest BCUT2D eigenvalue weighted by Gasteiger charge is 2.26. The van der Waals surface area contributed by atoms with Crippen molar-refractivity contribution in [3.05, 3.63) is 58.7 Å². The number of hydrogen-bond acceptors (Lipinski definition) is 4. The predicted octanol–water partition coefficient (Wildman–Crippen LogP) is 3.82. The molecule has 2 aromatic rings. The highest BCUT2D eigenvalue weighted by Crippen LogP contribution is 2.23. The van der Waals surface area contributed by atoms with E-state index in [4.69, 9.17) is 0 Å². The molecule has 0 bridgehead atoms. The van der Waals surface area contributed by atoms with E-state index < -0.39 is 0 Å². The number of benzene rings is 1. The lowest BCUT2D eigenvalue weighted by molar-refractivity contribution is 0.0750. The molecule has 5 heteroatoms. The minimum absolute atomic E-state index is 0.0768. The predicted molar refractivity (Wildman–Crippen MR) is 110 cm³/mol. The van der Waals surface area contributed by atoms with E-state index in [9.17, 15) is 4.79 Å². The van der Waals surface area contributed by atoms with Crippen LogP contribution in [-0.4, -0.2) is 38.8 Å². The second-order valence-corrected chi connectivity index (χ2v) is 8.55. The molecule has 1 aromatic carbocycles. The molecule has 3 heterocycles. The quantitative estimate of drug-likeness (QED) is 0.794. The summed E-state index contributed by atoms with van der Waals surface area (Å²) in [6.07, 6.45) is 6.72. The van der Waals surface area contributed by atoms with Gasteiger partial charge in [-0.2, -0.15) is 0 Å². The fourth-order valence-corrected chi connectivity index (χ4v) is 4.11. The van der Waals surface area contributed by atoms with Gasteiger partial charge in [-0.25, -0.2) is 9.97 Å². The molecule has 2 aliphatic rings. The second kappa shape index (κ2) is 8.39. The number of carbonyl (C=O) groups is 1. The van der Waals surface area contributed by atoms with Crippen molar-refractivity contribution in [3.8, 4) is 0 Å². The van der Waals surface area contributed by atoms with Gasteiger partial charge in [-0.05, 0) is 49.5 Å². The Hall–Kier alpha value is -2.27. The van der Waals surface area contributed by atoms with E-state index in [2.05, 4.69) is 40.8 Å². The molecule has 0 spiro atoms. The number of rotatable bonds is 5. The Labute approximate surface area is 167 Å². The molecule has 1 fully saturated rings. The minimum atomic E-state index is 0.0768. The number of hydrogen-bond donors (Lipinski definition) is 0. The molecule has 0 saturated carbocycles.